The molecule has 0 aliphatic carbocycles. The molecule has 0 radical (unpaired) electrons. The number of hydrogen-bond acceptors (Lipinski definition) is 5. The summed E-state index contributed by atoms with van der Waals surface area (Å²) in [6.45, 7) is 0.662. The minimum Gasteiger partial charge on any atom is -0.426 e. The first-order chi connectivity index (χ1) is 13.0. The number of esters is 1. The molecule has 3 aromatic rings. The molecule has 0 atom stereocenters. The van der Waals surface area contributed by atoms with E-state index in [0.717, 1.165) is 10.8 Å². The molecule has 0 saturated carbocycles. The van der Waals surface area contributed by atoms with Crippen LogP contribution in [-0.2, 0) is 14.8 Å². The Morgan fingerprint density at radius 2 is 1.74 bits per heavy atom. The van der Waals surface area contributed by atoms with Crippen LogP contribution >= 0.6 is 11.3 Å². The van der Waals surface area contributed by atoms with E-state index in [0.29, 0.717) is 35.9 Å². The van der Waals surface area contributed by atoms with Crippen molar-refractivity contribution >= 4 is 38.1 Å². The van der Waals surface area contributed by atoms with Gasteiger partial charge in [-0.1, -0.05) is 36.4 Å². The van der Waals surface area contributed by atoms with Crippen LogP contribution in [-0.4, -0.2) is 31.8 Å². The maximum atomic E-state index is 12.6. The second kappa shape index (κ2) is 7.42. The monoisotopic (exact) mass is 401 g/mol. The molecule has 1 aromatic heterocycles. The lowest BCUT2D eigenvalue weighted by molar-refractivity contribution is -0.140. The predicted molar refractivity (Wildman–Crippen MR) is 105 cm³/mol. The van der Waals surface area contributed by atoms with Gasteiger partial charge in [-0.3, -0.25) is 4.79 Å². The van der Waals surface area contributed by atoms with Crippen LogP contribution in [0.3, 0.4) is 0 Å². The summed E-state index contributed by atoms with van der Waals surface area (Å²) < 4.78 is 32.5. The standard InChI is InChI=1S/C20H19NO4S2/c22-20(25-18-8-7-15-4-1-2-5-17(15)14-18)16-9-11-21(12-10-16)27(23,24)19-6-3-13-26-19/h1-8,13-14,16H,9-12H2. The molecule has 2 aromatic carbocycles. The average molecular weight is 402 g/mol. The van der Waals surface area contributed by atoms with E-state index in [1.807, 2.05) is 36.4 Å². The van der Waals surface area contributed by atoms with Gasteiger partial charge in [0.05, 0.1) is 5.92 Å². The van der Waals surface area contributed by atoms with Crippen LogP contribution in [0.5, 0.6) is 5.75 Å². The van der Waals surface area contributed by atoms with E-state index in [2.05, 4.69) is 0 Å². The van der Waals surface area contributed by atoms with Crippen molar-refractivity contribution in [3.8, 4) is 5.75 Å². The topological polar surface area (TPSA) is 63.7 Å². The molecule has 5 nitrogen and oxygen atoms in total. The number of hydrogen-bond donors (Lipinski definition) is 0. The second-order valence-electron chi connectivity index (χ2n) is 6.54. The summed E-state index contributed by atoms with van der Waals surface area (Å²) in [5, 5.41) is 3.85. The molecule has 1 saturated heterocycles. The van der Waals surface area contributed by atoms with Crippen LogP contribution in [0.2, 0.25) is 0 Å². The van der Waals surface area contributed by atoms with Crippen LogP contribution in [0.4, 0.5) is 0 Å². The second-order valence-corrected chi connectivity index (χ2v) is 9.65. The Kier molecular flexibility index (Phi) is 4.99. The van der Waals surface area contributed by atoms with E-state index >= 15 is 0 Å². The lowest BCUT2D eigenvalue weighted by atomic mass is 9.98. The molecule has 1 aliphatic heterocycles. The van der Waals surface area contributed by atoms with Crippen molar-refractivity contribution in [3.05, 3.63) is 60.0 Å². The Bertz CT molecular complexity index is 1050. The molecule has 4 rings (SSSR count). The van der Waals surface area contributed by atoms with Crippen molar-refractivity contribution in [3.63, 3.8) is 0 Å². The molecule has 0 amide bonds. The number of fused-ring (bicyclic) bond motifs is 1. The molecule has 0 unspecified atom stereocenters. The van der Waals surface area contributed by atoms with Gasteiger partial charge in [0.15, 0.2) is 0 Å². The van der Waals surface area contributed by atoms with Crippen molar-refractivity contribution in [1.82, 2.24) is 4.31 Å². The van der Waals surface area contributed by atoms with Crippen LogP contribution in [0.25, 0.3) is 10.8 Å². The van der Waals surface area contributed by atoms with E-state index in [9.17, 15) is 13.2 Å². The third-order valence-corrected chi connectivity index (χ3v) is 8.09. The number of sulfonamides is 1. The molecule has 1 fully saturated rings. The molecule has 27 heavy (non-hydrogen) atoms. The zero-order valence-electron chi connectivity index (χ0n) is 14.6. The Morgan fingerprint density at radius 3 is 2.44 bits per heavy atom. The zero-order valence-corrected chi connectivity index (χ0v) is 16.2. The van der Waals surface area contributed by atoms with Gasteiger partial charge in [0.2, 0.25) is 0 Å². The van der Waals surface area contributed by atoms with Gasteiger partial charge < -0.3 is 4.74 Å². The fourth-order valence-electron chi connectivity index (χ4n) is 3.30. The third kappa shape index (κ3) is 3.76. The first-order valence-electron chi connectivity index (χ1n) is 8.78. The van der Waals surface area contributed by atoms with E-state index in [4.69, 9.17) is 4.74 Å². The van der Waals surface area contributed by atoms with Gasteiger partial charge in [0.25, 0.3) is 10.0 Å². The first kappa shape index (κ1) is 18.2. The van der Waals surface area contributed by atoms with Gasteiger partial charge in [0.1, 0.15) is 9.96 Å². The fraction of sp³-hybridized carbons (Fsp3) is 0.250. The van der Waals surface area contributed by atoms with Gasteiger partial charge in [0, 0.05) is 13.1 Å². The maximum Gasteiger partial charge on any atom is 0.314 e. The Balaban J connectivity index is 1.39. The van der Waals surface area contributed by atoms with E-state index < -0.39 is 10.0 Å². The minimum absolute atomic E-state index is 0.286. The third-order valence-electron chi connectivity index (χ3n) is 4.82. The van der Waals surface area contributed by atoms with Gasteiger partial charge in [-0.15, -0.1) is 11.3 Å². The van der Waals surface area contributed by atoms with Crippen molar-refractivity contribution in [2.75, 3.05) is 13.1 Å². The molecular weight excluding hydrogens is 382 g/mol. The lowest BCUT2D eigenvalue weighted by Gasteiger charge is -2.29. The van der Waals surface area contributed by atoms with Crippen molar-refractivity contribution in [2.45, 2.75) is 17.1 Å². The van der Waals surface area contributed by atoms with Crippen molar-refractivity contribution < 1.29 is 17.9 Å². The first-order valence-corrected chi connectivity index (χ1v) is 11.1. The quantitative estimate of drug-likeness (QED) is 0.491. The van der Waals surface area contributed by atoms with E-state index in [1.54, 1.807) is 23.6 Å². The normalized spacial score (nSPS) is 16.4. The van der Waals surface area contributed by atoms with Crippen LogP contribution in [0.1, 0.15) is 12.8 Å². The molecule has 7 heteroatoms. The van der Waals surface area contributed by atoms with Crippen LogP contribution in [0, 0.1) is 5.92 Å². The number of ether oxygens (including phenoxy) is 1. The highest BCUT2D eigenvalue weighted by Crippen LogP contribution is 2.28. The molecule has 2 heterocycles. The number of thiophene rings is 1. The van der Waals surface area contributed by atoms with Crippen molar-refractivity contribution in [1.29, 1.82) is 0 Å². The Labute approximate surface area is 162 Å². The minimum atomic E-state index is -3.45. The molecule has 1 aliphatic rings. The zero-order chi connectivity index (χ0) is 18.9. The summed E-state index contributed by atoms with van der Waals surface area (Å²) in [5.74, 6) is -0.0583. The van der Waals surface area contributed by atoms with Crippen LogP contribution < -0.4 is 4.74 Å². The molecule has 0 spiro atoms. The summed E-state index contributed by atoms with van der Waals surface area (Å²) in [6.07, 6.45) is 0.939. The summed E-state index contributed by atoms with van der Waals surface area (Å²) in [5.41, 5.74) is 0. The van der Waals surface area contributed by atoms with Gasteiger partial charge in [-0.2, -0.15) is 4.31 Å². The number of rotatable bonds is 4. The predicted octanol–water partition coefficient (Wildman–Crippen LogP) is 3.91. The number of carbonyl (C=O) groups is 1. The van der Waals surface area contributed by atoms with Crippen molar-refractivity contribution in [2.24, 2.45) is 5.92 Å². The van der Waals surface area contributed by atoms with Gasteiger partial charge >= 0.3 is 5.97 Å². The highest BCUT2D eigenvalue weighted by atomic mass is 32.2. The van der Waals surface area contributed by atoms with E-state index in [1.165, 1.54) is 15.6 Å². The molecule has 0 N–H and O–H groups in total. The Hall–Kier alpha value is -2.22. The summed E-state index contributed by atoms with van der Waals surface area (Å²) >= 11 is 1.21. The molecule has 140 valence electrons. The van der Waals surface area contributed by atoms with Crippen LogP contribution in [0.15, 0.2) is 64.2 Å². The fourth-order valence-corrected chi connectivity index (χ4v) is 5.91. The highest BCUT2D eigenvalue weighted by molar-refractivity contribution is 7.91. The highest BCUT2D eigenvalue weighted by Gasteiger charge is 2.33. The summed E-state index contributed by atoms with van der Waals surface area (Å²) in [4.78, 5) is 12.5. The smallest absolute Gasteiger partial charge is 0.314 e. The lowest BCUT2D eigenvalue weighted by Crippen LogP contribution is -2.40. The summed E-state index contributed by atoms with van der Waals surface area (Å²) in [6, 6.07) is 16.8. The SMILES string of the molecule is O=C(Oc1ccc2ccccc2c1)C1CCN(S(=O)(=O)c2cccs2)CC1. The largest absolute Gasteiger partial charge is 0.426 e. The maximum absolute atomic E-state index is 12.6. The summed E-state index contributed by atoms with van der Waals surface area (Å²) in [7, 11) is -3.45. The number of piperidine rings is 1. The number of benzene rings is 2. The molecular formula is C20H19NO4S2. The van der Waals surface area contributed by atoms with Gasteiger partial charge in [-0.05, 0) is 47.2 Å². The Morgan fingerprint density at radius 1 is 1.00 bits per heavy atom. The number of carbonyl (C=O) groups excluding carboxylic acids is 1. The average Bonchev–Trinajstić information content (AvgIpc) is 3.24. The molecule has 0 bridgehead atoms. The number of nitrogens with zero attached hydrogens (tertiary/aromatic N) is 1. The van der Waals surface area contributed by atoms with Gasteiger partial charge in [-0.25, -0.2) is 8.42 Å². The van der Waals surface area contributed by atoms with E-state index in [-0.39, 0.29) is 11.9 Å².